The van der Waals surface area contributed by atoms with Gasteiger partial charge in [0.2, 0.25) is 5.82 Å². The Balaban J connectivity index is 1.16. The molecule has 214 valence electrons. The summed E-state index contributed by atoms with van der Waals surface area (Å²) in [6.45, 7) is 3.31. The van der Waals surface area contributed by atoms with Crippen LogP contribution in [-0.4, -0.2) is 55.9 Å². The third kappa shape index (κ3) is 5.19. The van der Waals surface area contributed by atoms with Crippen molar-refractivity contribution in [1.82, 2.24) is 49.4 Å². The molecule has 5 aromatic heterocycles. The van der Waals surface area contributed by atoms with Crippen molar-refractivity contribution in [3.05, 3.63) is 114 Å². The number of pyridine rings is 2. The molecule has 0 aliphatic carbocycles. The highest BCUT2D eigenvalue weighted by Crippen LogP contribution is 2.31. The van der Waals surface area contributed by atoms with Crippen LogP contribution in [-0.2, 0) is 6.54 Å². The van der Waals surface area contributed by atoms with E-state index in [0.29, 0.717) is 53.1 Å². The van der Waals surface area contributed by atoms with Crippen molar-refractivity contribution in [2.45, 2.75) is 13.5 Å². The van der Waals surface area contributed by atoms with E-state index in [1.54, 1.807) is 23.1 Å². The average molecular weight is 580 g/mol. The van der Waals surface area contributed by atoms with Crippen molar-refractivity contribution in [2.75, 3.05) is 17.6 Å². The number of nitrogen functional groups attached to an aromatic ring is 1. The van der Waals surface area contributed by atoms with Gasteiger partial charge >= 0.3 is 0 Å². The van der Waals surface area contributed by atoms with Gasteiger partial charge in [-0.25, -0.2) is 29.6 Å². The van der Waals surface area contributed by atoms with E-state index in [-0.39, 0.29) is 5.82 Å². The zero-order valence-electron chi connectivity index (χ0n) is 23.6. The van der Waals surface area contributed by atoms with Gasteiger partial charge in [-0.2, -0.15) is 5.26 Å². The lowest BCUT2D eigenvalue weighted by Gasteiger charge is -2.23. The number of aryl methyl sites for hydroxylation is 1. The van der Waals surface area contributed by atoms with Crippen LogP contribution in [0.4, 0.5) is 11.6 Å². The number of fused-ring (bicyclic) bond motifs is 1. The molecule has 0 saturated carbocycles. The van der Waals surface area contributed by atoms with Gasteiger partial charge in [0.05, 0.1) is 17.5 Å². The number of hydrogen-bond donors (Lipinski definition) is 2. The van der Waals surface area contributed by atoms with Crippen molar-refractivity contribution >= 4 is 22.8 Å². The molecule has 6 heterocycles. The van der Waals surface area contributed by atoms with E-state index in [1.165, 1.54) is 0 Å². The summed E-state index contributed by atoms with van der Waals surface area (Å²) in [6, 6.07) is 19.5. The van der Waals surface area contributed by atoms with Gasteiger partial charge < -0.3 is 16.0 Å². The molecule has 0 spiro atoms. The fraction of sp³-hybridized carbons (Fsp3) is 0.0968. The molecule has 1 aliphatic heterocycles. The molecular weight excluding hydrogens is 554 g/mol. The van der Waals surface area contributed by atoms with E-state index in [2.05, 4.69) is 65.8 Å². The lowest BCUT2D eigenvalue weighted by molar-refractivity contribution is 0.404. The number of imidazole rings is 1. The topological polar surface area (TPSA) is 165 Å². The molecule has 13 heteroatoms. The van der Waals surface area contributed by atoms with E-state index >= 15 is 0 Å². The van der Waals surface area contributed by atoms with Gasteiger partial charge in [0.1, 0.15) is 23.2 Å². The summed E-state index contributed by atoms with van der Waals surface area (Å²) < 4.78 is 3.64. The standard InChI is InChI=1S/C31H25N13/c1-20-18-43(41-40-20)28-9-8-25-31(39-28)44(30(37-25)24-3-2-13-35-29(24)33)23-6-4-21(5-7-23)19-42-15-11-22(12-16-42)36-26-10-14-34-27(17-32)38-26/h2-15,18H,16,19H2,1H3,(H2,33,35)(H,34,36,38). The SMILES string of the molecule is Cc1cn(-c2ccc3nc(-c4cccnc4N)n(-c4ccc(CN5C=CC(Nc6ccnc(C#N)n6)=CC5)cc4)c3n2)nn1. The fourth-order valence-corrected chi connectivity index (χ4v) is 4.92. The quantitative estimate of drug-likeness (QED) is 0.281. The van der Waals surface area contributed by atoms with Gasteiger partial charge in [0.25, 0.3) is 0 Å². The highest BCUT2D eigenvalue weighted by molar-refractivity contribution is 5.83. The first kappa shape index (κ1) is 26.5. The Hall–Kier alpha value is -6.42. The lowest BCUT2D eigenvalue weighted by atomic mass is 10.1. The molecule has 7 rings (SSSR count). The molecule has 6 aromatic rings. The number of nitrogens with two attached hydrogens (primary N) is 1. The highest BCUT2D eigenvalue weighted by atomic mass is 15.4. The van der Waals surface area contributed by atoms with Gasteiger partial charge in [0.15, 0.2) is 17.3 Å². The number of nitriles is 1. The number of hydrogen-bond acceptors (Lipinski definition) is 11. The molecule has 0 saturated heterocycles. The molecule has 0 radical (unpaired) electrons. The van der Waals surface area contributed by atoms with Crippen LogP contribution in [0.15, 0.2) is 97.2 Å². The normalized spacial score (nSPS) is 12.7. The maximum atomic E-state index is 9.03. The first-order valence-corrected chi connectivity index (χ1v) is 13.8. The van der Waals surface area contributed by atoms with Gasteiger partial charge in [-0.15, -0.1) is 5.10 Å². The Kier molecular flexibility index (Phi) is 6.68. The minimum Gasteiger partial charge on any atom is -0.383 e. The Labute approximate surface area is 251 Å². The second kappa shape index (κ2) is 11.1. The zero-order valence-corrected chi connectivity index (χ0v) is 23.6. The van der Waals surface area contributed by atoms with Crippen LogP contribution in [0.5, 0.6) is 0 Å². The van der Waals surface area contributed by atoms with Crippen molar-refractivity contribution < 1.29 is 0 Å². The average Bonchev–Trinajstić information content (AvgIpc) is 3.66. The van der Waals surface area contributed by atoms with Crippen LogP contribution < -0.4 is 11.1 Å². The van der Waals surface area contributed by atoms with Crippen LogP contribution in [0.2, 0.25) is 0 Å². The van der Waals surface area contributed by atoms with E-state index in [9.17, 15) is 0 Å². The minimum absolute atomic E-state index is 0.127. The Morgan fingerprint density at radius 1 is 1.00 bits per heavy atom. The highest BCUT2D eigenvalue weighted by Gasteiger charge is 2.19. The third-order valence-electron chi connectivity index (χ3n) is 7.03. The molecular formula is C31H25N13. The number of benzene rings is 1. The van der Waals surface area contributed by atoms with Crippen molar-refractivity contribution in [2.24, 2.45) is 0 Å². The summed E-state index contributed by atoms with van der Waals surface area (Å²) in [7, 11) is 0. The summed E-state index contributed by atoms with van der Waals surface area (Å²) in [4.78, 5) is 24.4. The van der Waals surface area contributed by atoms with E-state index in [0.717, 1.165) is 22.6 Å². The van der Waals surface area contributed by atoms with Crippen molar-refractivity contribution in [3.63, 3.8) is 0 Å². The number of nitrogens with zero attached hydrogens (tertiary/aromatic N) is 11. The zero-order chi connectivity index (χ0) is 30.0. The molecule has 0 atom stereocenters. The predicted molar refractivity (Wildman–Crippen MR) is 164 cm³/mol. The van der Waals surface area contributed by atoms with E-state index in [4.69, 9.17) is 21.0 Å². The van der Waals surface area contributed by atoms with Crippen molar-refractivity contribution in [1.29, 1.82) is 5.26 Å². The van der Waals surface area contributed by atoms with Crippen LogP contribution in [0.1, 0.15) is 17.1 Å². The Morgan fingerprint density at radius 3 is 2.64 bits per heavy atom. The Bertz CT molecular complexity index is 2100. The van der Waals surface area contributed by atoms with Crippen LogP contribution >= 0.6 is 0 Å². The minimum atomic E-state index is 0.127. The molecule has 44 heavy (non-hydrogen) atoms. The predicted octanol–water partition coefficient (Wildman–Crippen LogP) is 3.94. The van der Waals surface area contributed by atoms with Gasteiger partial charge in [-0.05, 0) is 67.1 Å². The molecule has 1 aromatic carbocycles. The monoisotopic (exact) mass is 579 g/mol. The molecule has 0 unspecified atom stereocenters. The molecule has 0 bridgehead atoms. The van der Waals surface area contributed by atoms with Gasteiger partial charge in [0, 0.05) is 43.1 Å². The van der Waals surface area contributed by atoms with Crippen LogP contribution in [0.25, 0.3) is 34.1 Å². The molecule has 1 aliphatic rings. The molecule has 13 nitrogen and oxygen atoms in total. The number of allylic oxidation sites excluding steroid dienone is 1. The number of nitrogens with one attached hydrogen (secondary N) is 1. The first-order valence-electron chi connectivity index (χ1n) is 13.8. The van der Waals surface area contributed by atoms with Crippen LogP contribution in [0.3, 0.4) is 0 Å². The maximum Gasteiger partial charge on any atom is 0.234 e. The first-order chi connectivity index (χ1) is 21.5. The largest absolute Gasteiger partial charge is 0.383 e. The van der Waals surface area contributed by atoms with Crippen LogP contribution in [0, 0.1) is 18.3 Å². The van der Waals surface area contributed by atoms with Gasteiger partial charge in [-0.1, -0.05) is 17.3 Å². The third-order valence-corrected chi connectivity index (χ3v) is 7.03. The van der Waals surface area contributed by atoms with Crippen molar-refractivity contribution in [3.8, 4) is 29.0 Å². The number of anilines is 2. The van der Waals surface area contributed by atoms with E-state index < -0.39 is 0 Å². The number of aromatic nitrogens is 9. The summed E-state index contributed by atoms with van der Waals surface area (Å²) in [5.41, 5.74) is 12.1. The molecule has 0 fully saturated rings. The van der Waals surface area contributed by atoms with E-state index in [1.807, 2.05) is 60.3 Å². The Morgan fingerprint density at radius 2 is 1.89 bits per heavy atom. The summed E-state index contributed by atoms with van der Waals surface area (Å²) in [5, 5.41) is 20.5. The molecule has 3 N–H and O–H groups in total. The second-order valence-electron chi connectivity index (χ2n) is 10.1. The lowest BCUT2D eigenvalue weighted by Crippen LogP contribution is -2.21. The molecule has 0 amide bonds. The maximum absolute atomic E-state index is 9.03. The van der Waals surface area contributed by atoms with Gasteiger partial charge in [-0.3, -0.25) is 4.57 Å². The second-order valence-corrected chi connectivity index (χ2v) is 10.1. The summed E-state index contributed by atoms with van der Waals surface area (Å²) in [6.07, 6.45) is 11.1. The number of rotatable bonds is 7. The smallest absolute Gasteiger partial charge is 0.234 e. The summed E-state index contributed by atoms with van der Waals surface area (Å²) in [5.74, 6) is 2.37. The fourth-order valence-electron chi connectivity index (χ4n) is 4.92. The summed E-state index contributed by atoms with van der Waals surface area (Å²) >= 11 is 0.